The highest BCUT2D eigenvalue weighted by Gasteiger charge is 2.27. The quantitative estimate of drug-likeness (QED) is 0.779. The van der Waals surface area contributed by atoms with Crippen LogP contribution in [-0.2, 0) is 4.74 Å². The van der Waals surface area contributed by atoms with Crippen LogP contribution in [0.25, 0.3) is 0 Å². The van der Waals surface area contributed by atoms with Crippen LogP contribution in [0.1, 0.15) is 19.8 Å². The Hall–Kier alpha value is 0.130. The summed E-state index contributed by atoms with van der Waals surface area (Å²) in [6, 6.07) is 0.490. The highest BCUT2D eigenvalue weighted by molar-refractivity contribution is 5.85. The number of morpholine rings is 1. The van der Waals surface area contributed by atoms with Gasteiger partial charge in [0.25, 0.3) is 0 Å². The van der Waals surface area contributed by atoms with Gasteiger partial charge in [0.1, 0.15) is 0 Å². The van der Waals surface area contributed by atoms with Crippen LogP contribution in [0.3, 0.4) is 0 Å². The molecule has 0 spiro atoms. The molecule has 5 heteroatoms. The molecule has 2 rings (SSSR count). The van der Waals surface area contributed by atoms with Crippen LogP contribution in [0.15, 0.2) is 0 Å². The van der Waals surface area contributed by atoms with Gasteiger partial charge in [0.15, 0.2) is 0 Å². The van der Waals surface area contributed by atoms with E-state index >= 15 is 0 Å². The second-order valence-electron chi connectivity index (χ2n) is 5.15. The molecular formula is C12H25ClN2O2. The van der Waals surface area contributed by atoms with Gasteiger partial charge in [-0.2, -0.15) is 0 Å². The maximum Gasteiger partial charge on any atom is 0.0933 e. The lowest BCUT2D eigenvalue weighted by atomic mass is 9.98. The lowest BCUT2D eigenvalue weighted by Gasteiger charge is -2.40. The number of aliphatic hydroxyl groups is 1. The molecule has 0 radical (unpaired) electrons. The summed E-state index contributed by atoms with van der Waals surface area (Å²) in [5.41, 5.74) is 0. The summed E-state index contributed by atoms with van der Waals surface area (Å²) in [5, 5.41) is 12.6. The van der Waals surface area contributed by atoms with Gasteiger partial charge in [-0.1, -0.05) is 0 Å². The van der Waals surface area contributed by atoms with Crippen molar-refractivity contribution >= 4 is 12.4 Å². The maximum absolute atomic E-state index is 9.14. The third kappa shape index (κ3) is 4.38. The minimum atomic E-state index is 0. The Labute approximate surface area is 110 Å². The molecule has 0 aromatic rings. The first-order chi connectivity index (χ1) is 7.79. The molecule has 0 aromatic heterocycles. The third-order valence-electron chi connectivity index (χ3n) is 3.73. The topological polar surface area (TPSA) is 44.7 Å². The minimum absolute atomic E-state index is 0. The summed E-state index contributed by atoms with van der Waals surface area (Å²) in [6.45, 7) is 7.46. The largest absolute Gasteiger partial charge is 0.394 e. The SMILES string of the molecule is CC1COC(CO)CN1CC1CCCNC1.Cl. The molecule has 2 heterocycles. The number of hydrogen-bond donors (Lipinski definition) is 2. The Morgan fingerprint density at radius 2 is 2.29 bits per heavy atom. The molecule has 2 N–H and O–H groups in total. The summed E-state index contributed by atoms with van der Waals surface area (Å²) in [4.78, 5) is 2.47. The van der Waals surface area contributed by atoms with Gasteiger partial charge in [0.05, 0.1) is 19.3 Å². The molecule has 2 aliphatic rings. The molecule has 4 nitrogen and oxygen atoms in total. The van der Waals surface area contributed by atoms with Crippen molar-refractivity contribution < 1.29 is 9.84 Å². The fourth-order valence-electron chi connectivity index (χ4n) is 2.65. The fraction of sp³-hybridized carbons (Fsp3) is 1.00. The van der Waals surface area contributed by atoms with E-state index in [2.05, 4.69) is 17.1 Å². The first-order valence-corrected chi connectivity index (χ1v) is 6.47. The van der Waals surface area contributed by atoms with Crippen molar-refractivity contribution in [3.8, 4) is 0 Å². The average Bonchev–Trinajstić information content (AvgIpc) is 2.33. The molecule has 2 fully saturated rings. The molecule has 3 unspecified atom stereocenters. The Kier molecular flexibility index (Phi) is 6.74. The predicted molar refractivity (Wildman–Crippen MR) is 70.7 cm³/mol. The number of aliphatic hydroxyl groups excluding tert-OH is 1. The molecule has 0 saturated carbocycles. The van der Waals surface area contributed by atoms with Gasteiger partial charge >= 0.3 is 0 Å². The predicted octanol–water partition coefficient (Wildman–Crippen LogP) is 0.489. The van der Waals surface area contributed by atoms with Crippen molar-refractivity contribution in [2.24, 2.45) is 5.92 Å². The Morgan fingerprint density at radius 1 is 1.47 bits per heavy atom. The van der Waals surface area contributed by atoms with Crippen LogP contribution in [0.2, 0.25) is 0 Å². The van der Waals surface area contributed by atoms with Gasteiger partial charge in [0.2, 0.25) is 0 Å². The normalized spacial score (nSPS) is 35.3. The lowest BCUT2D eigenvalue weighted by Crippen LogP contribution is -2.52. The van der Waals surface area contributed by atoms with Crippen LogP contribution in [-0.4, -0.2) is 61.5 Å². The molecule has 0 aromatic carbocycles. The van der Waals surface area contributed by atoms with Crippen molar-refractivity contribution in [1.29, 1.82) is 0 Å². The molecule has 17 heavy (non-hydrogen) atoms. The Morgan fingerprint density at radius 3 is 2.94 bits per heavy atom. The molecule has 0 aliphatic carbocycles. The first kappa shape index (κ1) is 15.2. The van der Waals surface area contributed by atoms with Crippen molar-refractivity contribution in [2.75, 3.05) is 39.4 Å². The van der Waals surface area contributed by atoms with Crippen LogP contribution in [0.4, 0.5) is 0 Å². The molecule has 3 atom stereocenters. The van der Waals surface area contributed by atoms with Gasteiger partial charge < -0.3 is 15.2 Å². The van der Waals surface area contributed by atoms with E-state index in [1.165, 1.54) is 19.4 Å². The number of rotatable bonds is 3. The first-order valence-electron chi connectivity index (χ1n) is 6.47. The second-order valence-corrected chi connectivity index (χ2v) is 5.15. The molecular weight excluding hydrogens is 240 g/mol. The van der Waals surface area contributed by atoms with Crippen LogP contribution >= 0.6 is 12.4 Å². The van der Waals surface area contributed by atoms with E-state index in [4.69, 9.17) is 9.84 Å². The van der Waals surface area contributed by atoms with Crippen LogP contribution in [0.5, 0.6) is 0 Å². The van der Waals surface area contributed by atoms with E-state index in [1.807, 2.05) is 0 Å². The number of hydrogen-bond acceptors (Lipinski definition) is 4. The van der Waals surface area contributed by atoms with Gasteiger partial charge in [-0.05, 0) is 38.8 Å². The fourth-order valence-corrected chi connectivity index (χ4v) is 2.65. The van der Waals surface area contributed by atoms with E-state index in [0.717, 1.165) is 32.2 Å². The minimum Gasteiger partial charge on any atom is -0.394 e. The Bertz CT molecular complexity index is 213. The van der Waals surface area contributed by atoms with E-state index in [1.54, 1.807) is 0 Å². The number of halogens is 1. The van der Waals surface area contributed by atoms with Gasteiger partial charge in [0, 0.05) is 19.1 Å². The van der Waals surface area contributed by atoms with Crippen LogP contribution < -0.4 is 5.32 Å². The zero-order valence-electron chi connectivity index (χ0n) is 10.6. The number of nitrogens with one attached hydrogen (secondary N) is 1. The molecule has 2 aliphatic heterocycles. The van der Waals surface area contributed by atoms with E-state index in [9.17, 15) is 0 Å². The summed E-state index contributed by atoms with van der Waals surface area (Å²) >= 11 is 0. The van der Waals surface area contributed by atoms with E-state index in [0.29, 0.717) is 6.04 Å². The van der Waals surface area contributed by atoms with Crippen molar-refractivity contribution in [3.05, 3.63) is 0 Å². The van der Waals surface area contributed by atoms with Crippen LogP contribution in [0, 0.1) is 5.92 Å². The second kappa shape index (κ2) is 7.54. The van der Waals surface area contributed by atoms with Crippen molar-refractivity contribution in [1.82, 2.24) is 10.2 Å². The van der Waals surface area contributed by atoms with E-state index < -0.39 is 0 Å². The zero-order chi connectivity index (χ0) is 11.4. The van der Waals surface area contributed by atoms with E-state index in [-0.39, 0.29) is 25.1 Å². The van der Waals surface area contributed by atoms with Gasteiger partial charge in [-0.3, -0.25) is 4.90 Å². The smallest absolute Gasteiger partial charge is 0.0933 e. The molecule has 0 bridgehead atoms. The molecule has 2 saturated heterocycles. The summed E-state index contributed by atoms with van der Waals surface area (Å²) in [7, 11) is 0. The van der Waals surface area contributed by atoms with Gasteiger partial charge in [-0.25, -0.2) is 0 Å². The molecule has 0 amide bonds. The third-order valence-corrected chi connectivity index (χ3v) is 3.73. The monoisotopic (exact) mass is 264 g/mol. The molecule has 102 valence electrons. The number of ether oxygens (including phenoxy) is 1. The standard InChI is InChI=1S/C12H24N2O2.ClH/c1-10-9-16-12(8-15)7-14(10)6-11-3-2-4-13-5-11;/h10-13,15H,2-9H2,1H3;1H. The van der Waals surface area contributed by atoms with Crippen molar-refractivity contribution in [2.45, 2.75) is 31.9 Å². The summed E-state index contributed by atoms with van der Waals surface area (Å²) in [6.07, 6.45) is 2.65. The van der Waals surface area contributed by atoms with Gasteiger partial charge in [-0.15, -0.1) is 12.4 Å². The zero-order valence-corrected chi connectivity index (χ0v) is 11.4. The maximum atomic E-state index is 9.14. The average molecular weight is 265 g/mol. The number of piperidine rings is 1. The number of nitrogens with zero attached hydrogens (tertiary/aromatic N) is 1. The summed E-state index contributed by atoms with van der Waals surface area (Å²) in [5.74, 6) is 0.772. The summed E-state index contributed by atoms with van der Waals surface area (Å²) < 4.78 is 5.55. The Balaban J connectivity index is 0.00000144. The highest BCUT2D eigenvalue weighted by atomic mass is 35.5. The lowest BCUT2D eigenvalue weighted by molar-refractivity contribution is -0.0820. The van der Waals surface area contributed by atoms with Crippen molar-refractivity contribution in [3.63, 3.8) is 0 Å². The highest BCUT2D eigenvalue weighted by Crippen LogP contribution is 2.17.